The van der Waals surface area contributed by atoms with Crippen LogP contribution in [0.2, 0.25) is 0 Å². The fourth-order valence-electron chi connectivity index (χ4n) is 1.70. The lowest BCUT2D eigenvalue weighted by Gasteiger charge is -2.16. The van der Waals surface area contributed by atoms with Gasteiger partial charge in [-0.15, -0.1) is 12.3 Å². The number of benzene rings is 1. The van der Waals surface area contributed by atoms with Crippen molar-refractivity contribution in [3.8, 4) is 0 Å². The third kappa shape index (κ3) is 2.53. The minimum atomic E-state index is -0.558. The summed E-state index contributed by atoms with van der Waals surface area (Å²) in [6.07, 6.45) is 0. The lowest BCUT2D eigenvalue weighted by Crippen LogP contribution is -2.12. The molecule has 1 aromatic rings. The summed E-state index contributed by atoms with van der Waals surface area (Å²) in [4.78, 5) is 34.4. The second-order valence-corrected chi connectivity index (χ2v) is 4.04. The van der Waals surface area contributed by atoms with Gasteiger partial charge in [0.15, 0.2) is 17.3 Å². The van der Waals surface area contributed by atoms with Gasteiger partial charge in [0.2, 0.25) is 0 Å². The number of Topliss-reactive ketones (excluding diaryl/α,β-unsaturated/α-hetero) is 3. The Morgan fingerprint density at radius 3 is 1.39 bits per heavy atom. The van der Waals surface area contributed by atoms with Gasteiger partial charge in [-0.2, -0.15) is 0 Å². The molecule has 0 saturated carbocycles. The highest BCUT2D eigenvalue weighted by Gasteiger charge is 2.17. The second kappa shape index (κ2) is 4.96. The number of hydrogen-bond donors (Lipinski definition) is 0. The van der Waals surface area contributed by atoms with Crippen molar-refractivity contribution in [1.29, 1.82) is 0 Å². The lowest BCUT2D eigenvalue weighted by atomic mass is 9.92. The fourth-order valence-corrected chi connectivity index (χ4v) is 1.70. The van der Waals surface area contributed by atoms with Crippen molar-refractivity contribution in [3.05, 3.63) is 41.0 Å². The summed E-state index contributed by atoms with van der Waals surface area (Å²) in [5, 5.41) is 11.4. The third-order valence-corrected chi connectivity index (χ3v) is 2.60. The zero-order chi connectivity index (χ0) is 14.0. The molecule has 0 aliphatic heterocycles. The molecule has 0 N–H and O–H groups in total. The van der Waals surface area contributed by atoms with Crippen molar-refractivity contribution in [1.82, 2.24) is 0 Å². The molecule has 0 atom stereocenters. The predicted molar refractivity (Wildman–Crippen MR) is 65.5 cm³/mol. The van der Waals surface area contributed by atoms with Gasteiger partial charge in [-0.05, 0) is 38.5 Å². The van der Waals surface area contributed by atoms with Gasteiger partial charge >= 0.3 is 0 Å². The van der Waals surface area contributed by atoms with Crippen LogP contribution >= 0.6 is 0 Å². The third-order valence-electron chi connectivity index (χ3n) is 2.60. The van der Waals surface area contributed by atoms with E-state index in [0.717, 1.165) is 0 Å². The van der Waals surface area contributed by atoms with Crippen LogP contribution in [-0.4, -0.2) is 17.3 Å². The van der Waals surface area contributed by atoms with Crippen LogP contribution in [0.5, 0.6) is 0 Å². The summed E-state index contributed by atoms with van der Waals surface area (Å²) in [5.74, 6) is -1.57. The number of ketones is 3. The molecule has 1 aromatic carbocycles. The van der Waals surface area contributed by atoms with E-state index in [2.05, 4.69) is 6.58 Å². The van der Waals surface area contributed by atoms with Crippen molar-refractivity contribution in [2.45, 2.75) is 20.8 Å². The monoisotopic (exact) mass is 245 g/mol. The molecular weight excluding hydrogens is 232 g/mol. The first-order valence-electron chi connectivity index (χ1n) is 5.32. The summed E-state index contributed by atoms with van der Waals surface area (Å²) < 4.78 is 0. The average molecular weight is 245 g/mol. The molecule has 0 heterocycles. The van der Waals surface area contributed by atoms with Gasteiger partial charge in [-0.1, -0.05) is 0 Å². The molecule has 18 heavy (non-hydrogen) atoms. The molecule has 0 bridgehead atoms. The molecule has 0 spiro atoms. The molecule has 0 aliphatic rings. The molecule has 0 unspecified atom stereocenters. The molecule has 0 aliphatic carbocycles. The van der Waals surface area contributed by atoms with Crippen molar-refractivity contribution < 1.29 is 19.5 Å². The van der Waals surface area contributed by atoms with Crippen LogP contribution in [0.15, 0.2) is 18.7 Å². The SMILES string of the molecule is C=C([O-])c1cc(C(C)=O)c(C(C)=O)cc1C(C)=O. The molecule has 1 rings (SSSR count). The number of hydrogen-bond acceptors (Lipinski definition) is 4. The minimum absolute atomic E-state index is 0.0673. The van der Waals surface area contributed by atoms with Crippen LogP contribution in [0.1, 0.15) is 57.4 Å². The number of rotatable bonds is 4. The molecule has 0 fully saturated rings. The Hall–Kier alpha value is -2.23. The van der Waals surface area contributed by atoms with Crippen LogP contribution in [0, 0.1) is 0 Å². The first-order chi connectivity index (χ1) is 8.25. The van der Waals surface area contributed by atoms with Crippen LogP contribution in [0.3, 0.4) is 0 Å². The zero-order valence-corrected chi connectivity index (χ0v) is 10.5. The maximum atomic E-state index is 11.5. The smallest absolute Gasteiger partial charge is 0.160 e. The molecule has 0 amide bonds. The van der Waals surface area contributed by atoms with E-state index >= 15 is 0 Å². The Morgan fingerprint density at radius 2 is 1.11 bits per heavy atom. The van der Waals surface area contributed by atoms with Crippen molar-refractivity contribution in [2.75, 3.05) is 0 Å². The highest BCUT2D eigenvalue weighted by Crippen LogP contribution is 2.22. The topological polar surface area (TPSA) is 74.3 Å². The molecule has 4 heteroatoms. The number of carbonyl (C=O) groups excluding carboxylic acids is 3. The van der Waals surface area contributed by atoms with Crippen molar-refractivity contribution in [2.24, 2.45) is 0 Å². The predicted octanol–water partition coefficient (Wildman–Crippen LogP) is 1.63. The van der Waals surface area contributed by atoms with E-state index in [9.17, 15) is 19.5 Å². The van der Waals surface area contributed by atoms with E-state index in [1.807, 2.05) is 0 Å². The zero-order valence-electron chi connectivity index (χ0n) is 10.5. The van der Waals surface area contributed by atoms with Gasteiger partial charge in [0.25, 0.3) is 0 Å². The summed E-state index contributed by atoms with van der Waals surface area (Å²) in [7, 11) is 0. The Morgan fingerprint density at radius 1 is 0.833 bits per heavy atom. The van der Waals surface area contributed by atoms with Crippen LogP contribution in [-0.2, 0) is 0 Å². The van der Waals surface area contributed by atoms with Gasteiger partial charge in [0.1, 0.15) is 0 Å². The normalized spacial score (nSPS) is 9.94. The molecule has 0 aromatic heterocycles. The van der Waals surface area contributed by atoms with Gasteiger partial charge in [-0.25, -0.2) is 0 Å². The highest BCUT2D eigenvalue weighted by atomic mass is 16.3. The molecule has 0 saturated heterocycles. The highest BCUT2D eigenvalue weighted by molar-refractivity contribution is 6.10. The largest absolute Gasteiger partial charge is 0.872 e. The lowest BCUT2D eigenvalue weighted by molar-refractivity contribution is -0.243. The minimum Gasteiger partial charge on any atom is -0.872 e. The summed E-state index contributed by atoms with van der Waals surface area (Å²) in [6.45, 7) is 7.13. The average Bonchev–Trinajstić information content (AvgIpc) is 2.26. The van der Waals surface area contributed by atoms with Crippen molar-refractivity contribution >= 4 is 23.1 Å². The van der Waals surface area contributed by atoms with Gasteiger partial charge < -0.3 is 5.11 Å². The van der Waals surface area contributed by atoms with E-state index in [1.165, 1.54) is 32.9 Å². The van der Waals surface area contributed by atoms with Crippen LogP contribution in [0.4, 0.5) is 0 Å². The van der Waals surface area contributed by atoms with E-state index in [4.69, 9.17) is 0 Å². The molecule has 94 valence electrons. The summed E-state index contributed by atoms with van der Waals surface area (Å²) >= 11 is 0. The number of carbonyl (C=O) groups is 3. The first kappa shape index (κ1) is 13.8. The van der Waals surface area contributed by atoms with Crippen LogP contribution < -0.4 is 5.11 Å². The molecule has 4 nitrogen and oxygen atoms in total. The fraction of sp³-hybridized carbons (Fsp3) is 0.214. The van der Waals surface area contributed by atoms with E-state index in [1.54, 1.807) is 0 Å². The van der Waals surface area contributed by atoms with Gasteiger partial charge in [0.05, 0.1) is 0 Å². The van der Waals surface area contributed by atoms with Crippen molar-refractivity contribution in [3.63, 3.8) is 0 Å². The first-order valence-corrected chi connectivity index (χ1v) is 5.32. The van der Waals surface area contributed by atoms with E-state index < -0.39 is 5.76 Å². The molecule has 0 radical (unpaired) electrons. The second-order valence-electron chi connectivity index (χ2n) is 4.04. The quantitative estimate of drug-likeness (QED) is 0.596. The summed E-state index contributed by atoms with van der Waals surface area (Å²) in [5.41, 5.74) is 0.472. The van der Waals surface area contributed by atoms with E-state index in [0.29, 0.717) is 0 Å². The Kier molecular flexibility index (Phi) is 3.81. The Labute approximate surface area is 105 Å². The molecular formula is C14H13O4-. The van der Waals surface area contributed by atoms with E-state index in [-0.39, 0.29) is 39.6 Å². The maximum absolute atomic E-state index is 11.5. The standard InChI is InChI=1S/C14H14O4/c1-7(15)11-5-13(9(3)17)14(10(4)18)6-12(11)8(2)16/h5-6,15H,1H2,2-4H3/p-1. The maximum Gasteiger partial charge on any atom is 0.160 e. The van der Waals surface area contributed by atoms with Gasteiger partial charge in [-0.3, -0.25) is 14.4 Å². The Balaban J connectivity index is 3.71. The van der Waals surface area contributed by atoms with Gasteiger partial charge in [0, 0.05) is 16.7 Å². The summed E-state index contributed by atoms with van der Waals surface area (Å²) in [6, 6.07) is 2.56. The Bertz CT molecular complexity index is 469. The van der Waals surface area contributed by atoms with Crippen LogP contribution in [0.25, 0.3) is 5.76 Å².